The Hall–Kier alpha value is -3.00. The van der Waals surface area contributed by atoms with E-state index in [2.05, 4.69) is 9.98 Å². The summed E-state index contributed by atoms with van der Waals surface area (Å²) < 4.78 is 26.7. The Labute approximate surface area is 167 Å². The van der Waals surface area contributed by atoms with Crippen LogP contribution in [0.3, 0.4) is 0 Å². The Bertz CT molecular complexity index is 1060. The van der Waals surface area contributed by atoms with Gasteiger partial charge in [0, 0.05) is 31.0 Å². The fourth-order valence-electron chi connectivity index (χ4n) is 4.69. The number of hydrogen-bond donors (Lipinski definition) is 1. The van der Waals surface area contributed by atoms with Crippen molar-refractivity contribution in [3.8, 4) is 16.9 Å². The molecule has 1 fully saturated rings. The van der Waals surface area contributed by atoms with Crippen LogP contribution in [0.4, 0.5) is 4.39 Å². The molecule has 1 aromatic carbocycles. The Morgan fingerprint density at radius 3 is 2.90 bits per heavy atom. The van der Waals surface area contributed by atoms with E-state index in [0.717, 1.165) is 12.8 Å². The average Bonchev–Trinajstić information content (AvgIpc) is 2.93. The molecule has 3 atom stereocenters. The van der Waals surface area contributed by atoms with Crippen molar-refractivity contribution in [1.82, 2.24) is 9.88 Å². The molecular formula is C21H21FN4O3. The first-order valence-corrected chi connectivity index (χ1v) is 9.56. The first kappa shape index (κ1) is 18.1. The highest BCUT2D eigenvalue weighted by atomic mass is 19.1. The number of nitrogens with two attached hydrogens (primary N) is 1. The van der Waals surface area contributed by atoms with Crippen molar-refractivity contribution in [2.45, 2.75) is 37.0 Å². The van der Waals surface area contributed by atoms with Gasteiger partial charge in [-0.3, -0.25) is 9.69 Å². The Balaban J connectivity index is 1.77. The number of aromatic nitrogens is 1. The second-order valence-electron chi connectivity index (χ2n) is 7.92. The third kappa shape index (κ3) is 2.35. The fraction of sp³-hybridized carbons (Fsp3) is 0.381. The number of carbonyl (C=O) groups is 1. The number of rotatable bonds is 1. The molecule has 4 heterocycles. The fourth-order valence-corrected chi connectivity index (χ4v) is 4.69. The molecule has 7 nitrogen and oxygen atoms in total. The normalized spacial score (nSPS) is 30.6. The largest absolute Gasteiger partial charge is 0.484 e. The maximum atomic E-state index is 14.3. The van der Waals surface area contributed by atoms with Crippen LogP contribution in [0.1, 0.15) is 25.3 Å². The van der Waals surface area contributed by atoms with Crippen molar-refractivity contribution in [1.29, 1.82) is 0 Å². The minimum atomic E-state index is -1.36. The highest BCUT2D eigenvalue weighted by Crippen LogP contribution is 2.53. The van der Waals surface area contributed by atoms with E-state index in [1.54, 1.807) is 37.4 Å². The third-order valence-electron chi connectivity index (χ3n) is 6.10. The number of fused-ring (bicyclic) bond motifs is 4. The van der Waals surface area contributed by atoms with E-state index in [1.807, 2.05) is 6.92 Å². The zero-order valence-electron chi connectivity index (χ0n) is 16.2. The molecule has 2 N–H and O–H groups in total. The number of ether oxygens (including phenoxy) is 2. The number of guanidine groups is 1. The van der Waals surface area contributed by atoms with Gasteiger partial charge in [-0.2, -0.15) is 4.39 Å². The van der Waals surface area contributed by atoms with E-state index in [1.165, 1.54) is 11.1 Å². The predicted molar refractivity (Wildman–Crippen MR) is 104 cm³/mol. The lowest BCUT2D eigenvalue weighted by Crippen LogP contribution is -2.64. The van der Waals surface area contributed by atoms with Gasteiger partial charge in [-0.1, -0.05) is 6.07 Å². The molecule has 3 aliphatic rings. The van der Waals surface area contributed by atoms with E-state index in [-0.39, 0.29) is 11.9 Å². The number of halogens is 1. The zero-order valence-corrected chi connectivity index (χ0v) is 16.2. The molecule has 1 saturated heterocycles. The van der Waals surface area contributed by atoms with E-state index < -0.39 is 23.2 Å². The highest BCUT2D eigenvalue weighted by Gasteiger charge is 2.65. The number of pyridine rings is 1. The second-order valence-corrected chi connectivity index (χ2v) is 7.92. The smallest absolute Gasteiger partial charge is 0.264 e. The number of carbonyl (C=O) groups excluding carboxylic acids is 1. The van der Waals surface area contributed by atoms with Crippen molar-refractivity contribution in [2.75, 3.05) is 13.7 Å². The minimum Gasteiger partial charge on any atom is -0.484 e. The van der Waals surface area contributed by atoms with Gasteiger partial charge in [0.25, 0.3) is 5.91 Å². The Morgan fingerprint density at radius 2 is 2.17 bits per heavy atom. The molecule has 1 spiro atoms. The van der Waals surface area contributed by atoms with Crippen molar-refractivity contribution in [2.24, 2.45) is 10.7 Å². The number of amides is 1. The Morgan fingerprint density at radius 1 is 1.34 bits per heavy atom. The number of hydrogen-bond acceptors (Lipinski definition) is 6. The second kappa shape index (κ2) is 6.00. The summed E-state index contributed by atoms with van der Waals surface area (Å²) in [6.45, 7) is 2.44. The van der Waals surface area contributed by atoms with Crippen LogP contribution in [0.2, 0.25) is 0 Å². The van der Waals surface area contributed by atoms with Gasteiger partial charge in [0.15, 0.2) is 5.96 Å². The van der Waals surface area contributed by atoms with Crippen LogP contribution >= 0.6 is 0 Å². The topological polar surface area (TPSA) is 90.0 Å². The van der Waals surface area contributed by atoms with Gasteiger partial charge >= 0.3 is 0 Å². The van der Waals surface area contributed by atoms with Gasteiger partial charge in [-0.05, 0) is 49.6 Å². The van der Waals surface area contributed by atoms with Crippen molar-refractivity contribution in [3.63, 3.8) is 0 Å². The van der Waals surface area contributed by atoms with Crippen LogP contribution in [0.25, 0.3) is 11.1 Å². The molecular weight excluding hydrogens is 375 g/mol. The molecule has 0 saturated carbocycles. The summed E-state index contributed by atoms with van der Waals surface area (Å²) in [6.07, 6.45) is 2.30. The summed E-state index contributed by atoms with van der Waals surface area (Å²) in [6, 6.07) is 8.56. The summed E-state index contributed by atoms with van der Waals surface area (Å²) in [4.78, 5) is 23.2. The number of likely N-dealkylation sites (N-methyl/N-ethyl adjacent to an activating group) is 1. The maximum absolute atomic E-state index is 14.3. The molecule has 0 radical (unpaired) electrons. The molecule has 0 unspecified atom stereocenters. The van der Waals surface area contributed by atoms with E-state index in [0.29, 0.717) is 29.0 Å². The molecule has 5 rings (SSSR count). The third-order valence-corrected chi connectivity index (χ3v) is 6.10. The summed E-state index contributed by atoms with van der Waals surface area (Å²) in [5.74, 6) is -0.212. The summed E-state index contributed by atoms with van der Waals surface area (Å²) in [5.41, 5.74) is 5.41. The van der Waals surface area contributed by atoms with Gasteiger partial charge in [-0.15, -0.1) is 0 Å². The van der Waals surface area contributed by atoms with Gasteiger partial charge in [0.1, 0.15) is 17.5 Å². The standard InChI is InChI=1S/C21H21FN4O3/c1-20-8-4-10-28-17(20)21(18(27)26(2)19(23)25-21)14-11-12(6-7-15(14)29-20)13-5-3-9-24-16(13)22/h3,5-7,9,11,17H,4,8,10H2,1-2H3,(H2,23,25)/t17-,20-,21-/m0/s1. The van der Waals surface area contributed by atoms with Gasteiger partial charge in [0.2, 0.25) is 11.5 Å². The summed E-state index contributed by atoms with van der Waals surface area (Å²) in [5, 5.41) is 0. The predicted octanol–water partition coefficient (Wildman–Crippen LogP) is 2.20. The van der Waals surface area contributed by atoms with Gasteiger partial charge < -0.3 is 15.2 Å². The molecule has 2 aromatic rings. The molecule has 0 aliphatic carbocycles. The minimum absolute atomic E-state index is 0.123. The van der Waals surface area contributed by atoms with Crippen LogP contribution < -0.4 is 10.5 Å². The molecule has 1 amide bonds. The van der Waals surface area contributed by atoms with Crippen LogP contribution in [-0.4, -0.2) is 47.1 Å². The van der Waals surface area contributed by atoms with Crippen molar-refractivity contribution in [3.05, 3.63) is 48.0 Å². The zero-order chi connectivity index (χ0) is 20.4. The monoisotopic (exact) mass is 396 g/mol. The molecule has 8 heteroatoms. The summed E-state index contributed by atoms with van der Waals surface area (Å²) >= 11 is 0. The number of benzene rings is 1. The molecule has 1 aromatic heterocycles. The van der Waals surface area contributed by atoms with E-state index in [4.69, 9.17) is 15.2 Å². The maximum Gasteiger partial charge on any atom is 0.264 e. The van der Waals surface area contributed by atoms with Crippen LogP contribution in [0.15, 0.2) is 41.5 Å². The molecule has 29 heavy (non-hydrogen) atoms. The Kier molecular flexibility index (Phi) is 3.73. The van der Waals surface area contributed by atoms with Gasteiger partial charge in [0.05, 0.1) is 0 Å². The first-order valence-electron chi connectivity index (χ1n) is 9.56. The van der Waals surface area contributed by atoms with Crippen LogP contribution in [0.5, 0.6) is 5.75 Å². The summed E-state index contributed by atoms with van der Waals surface area (Å²) in [7, 11) is 1.59. The van der Waals surface area contributed by atoms with Crippen LogP contribution in [-0.2, 0) is 15.1 Å². The lowest BCUT2D eigenvalue weighted by Gasteiger charge is -2.51. The molecule has 150 valence electrons. The SMILES string of the molecule is CN1C(=O)[C@]2(N=C1N)c1cc(-c3cccnc3F)ccc1O[C@@]1(C)CCCO[C@@H]12. The molecule has 0 bridgehead atoms. The lowest BCUT2D eigenvalue weighted by atomic mass is 9.71. The first-order chi connectivity index (χ1) is 13.9. The number of aliphatic imine (C=N–C) groups is 1. The van der Waals surface area contributed by atoms with E-state index >= 15 is 0 Å². The number of nitrogens with zero attached hydrogens (tertiary/aromatic N) is 3. The lowest BCUT2D eigenvalue weighted by molar-refractivity contribution is -0.175. The van der Waals surface area contributed by atoms with Crippen molar-refractivity contribution >= 4 is 11.9 Å². The molecule has 3 aliphatic heterocycles. The van der Waals surface area contributed by atoms with Gasteiger partial charge in [-0.25, -0.2) is 9.98 Å². The average molecular weight is 396 g/mol. The highest BCUT2D eigenvalue weighted by molar-refractivity contribution is 6.08. The van der Waals surface area contributed by atoms with Crippen LogP contribution in [0, 0.1) is 5.95 Å². The van der Waals surface area contributed by atoms with E-state index in [9.17, 15) is 9.18 Å². The quantitative estimate of drug-likeness (QED) is 0.747. The van der Waals surface area contributed by atoms with Crippen molar-refractivity contribution < 1.29 is 18.7 Å².